The van der Waals surface area contributed by atoms with Gasteiger partial charge in [-0.2, -0.15) is 0 Å². The van der Waals surface area contributed by atoms with Crippen LogP contribution >= 0.6 is 11.8 Å². The molecule has 7 heteroatoms. The van der Waals surface area contributed by atoms with E-state index < -0.39 is 0 Å². The largest absolute Gasteiger partial charge is 0.382 e. The summed E-state index contributed by atoms with van der Waals surface area (Å²) in [5.41, 5.74) is 6.04. The molecule has 0 aromatic carbocycles. The van der Waals surface area contributed by atoms with Gasteiger partial charge in [0.2, 0.25) is 6.41 Å². The minimum atomic E-state index is 0.251. The number of aromatic nitrogens is 2. The smallest absolute Gasteiger partial charge is 0.211 e. The molecule has 1 aromatic heterocycles. The number of anilines is 3. The maximum Gasteiger partial charge on any atom is 0.211 e. The van der Waals surface area contributed by atoms with E-state index in [9.17, 15) is 4.79 Å². The van der Waals surface area contributed by atoms with Gasteiger partial charge in [0, 0.05) is 7.05 Å². The number of hydrogen-bond acceptors (Lipinski definition) is 6. The number of thioether (sulfide) groups is 1. The number of nitrogens with two attached hydrogens (primary N) is 1. The van der Waals surface area contributed by atoms with Gasteiger partial charge in [0.25, 0.3) is 0 Å². The van der Waals surface area contributed by atoms with Gasteiger partial charge in [0.05, 0.1) is 0 Å². The maximum absolute atomic E-state index is 10.3. The van der Waals surface area contributed by atoms with Gasteiger partial charge in [-0.15, -0.1) is 0 Å². The van der Waals surface area contributed by atoms with E-state index in [1.54, 1.807) is 7.05 Å². The van der Waals surface area contributed by atoms with Gasteiger partial charge in [-0.05, 0) is 6.26 Å². The van der Waals surface area contributed by atoms with Crippen molar-refractivity contribution in [2.45, 2.75) is 5.16 Å². The van der Waals surface area contributed by atoms with E-state index in [2.05, 4.69) is 20.6 Å². The Morgan fingerprint density at radius 1 is 1.50 bits per heavy atom. The Balaban J connectivity index is 3.19. The van der Waals surface area contributed by atoms with E-state index in [0.717, 1.165) is 0 Å². The first kappa shape index (κ1) is 10.6. The van der Waals surface area contributed by atoms with E-state index in [4.69, 9.17) is 5.73 Å². The van der Waals surface area contributed by atoms with Crippen LogP contribution < -0.4 is 16.4 Å². The Hall–Kier alpha value is -1.50. The second-order valence-electron chi connectivity index (χ2n) is 2.33. The molecule has 4 N–H and O–H groups in total. The molecule has 1 amide bonds. The summed E-state index contributed by atoms with van der Waals surface area (Å²) in [6.07, 6.45) is 2.38. The molecule has 0 saturated carbocycles. The second kappa shape index (κ2) is 4.66. The molecule has 1 aromatic rings. The van der Waals surface area contributed by atoms with Crippen LogP contribution in [-0.4, -0.2) is 29.7 Å². The van der Waals surface area contributed by atoms with E-state index in [0.29, 0.717) is 23.1 Å². The average Bonchev–Trinajstić information content (AvgIpc) is 2.20. The summed E-state index contributed by atoms with van der Waals surface area (Å²) in [5.74, 6) is 0.759. The fraction of sp³-hybridized carbons (Fsp3) is 0.286. The molecule has 1 rings (SSSR count). The van der Waals surface area contributed by atoms with Gasteiger partial charge in [0.1, 0.15) is 5.69 Å². The molecule has 0 spiro atoms. The highest BCUT2D eigenvalue weighted by Gasteiger charge is 2.09. The van der Waals surface area contributed by atoms with Crippen molar-refractivity contribution in [3.63, 3.8) is 0 Å². The van der Waals surface area contributed by atoms with Crippen molar-refractivity contribution in [1.29, 1.82) is 0 Å². The normalized spacial score (nSPS) is 9.57. The number of nitrogens with one attached hydrogen (secondary N) is 2. The van der Waals surface area contributed by atoms with Crippen LogP contribution in [0.4, 0.5) is 17.3 Å². The predicted molar refractivity (Wildman–Crippen MR) is 57.5 cm³/mol. The van der Waals surface area contributed by atoms with Crippen LogP contribution in [0.2, 0.25) is 0 Å². The summed E-state index contributed by atoms with van der Waals surface area (Å²) in [4.78, 5) is 18.4. The highest BCUT2D eigenvalue weighted by molar-refractivity contribution is 7.98. The molecule has 76 valence electrons. The Bertz CT molecular complexity index is 343. The zero-order valence-electron chi connectivity index (χ0n) is 7.87. The molecule has 0 bridgehead atoms. The summed E-state index contributed by atoms with van der Waals surface area (Å²) in [6.45, 7) is 0. The maximum atomic E-state index is 10.3. The fourth-order valence-corrected chi connectivity index (χ4v) is 1.30. The van der Waals surface area contributed by atoms with Gasteiger partial charge in [-0.3, -0.25) is 4.79 Å². The number of carbonyl (C=O) groups is 1. The number of hydrogen-bond donors (Lipinski definition) is 3. The van der Waals surface area contributed by atoms with Crippen LogP contribution in [-0.2, 0) is 4.79 Å². The number of nitrogen functional groups attached to an aromatic ring is 1. The van der Waals surface area contributed by atoms with Gasteiger partial charge < -0.3 is 16.4 Å². The van der Waals surface area contributed by atoms with Crippen LogP contribution in [0, 0.1) is 0 Å². The number of carbonyl (C=O) groups excluding carboxylic acids is 1. The minimum Gasteiger partial charge on any atom is -0.382 e. The van der Waals surface area contributed by atoms with Crippen LogP contribution in [0.25, 0.3) is 0 Å². The van der Waals surface area contributed by atoms with E-state index in [1.807, 2.05) is 6.26 Å². The van der Waals surface area contributed by atoms with Gasteiger partial charge in [0.15, 0.2) is 16.8 Å². The lowest BCUT2D eigenvalue weighted by Gasteiger charge is -2.09. The lowest BCUT2D eigenvalue weighted by molar-refractivity contribution is -0.105. The summed E-state index contributed by atoms with van der Waals surface area (Å²) >= 11 is 1.38. The summed E-state index contributed by atoms with van der Waals surface area (Å²) in [7, 11) is 1.70. The zero-order valence-corrected chi connectivity index (χ0v) is 8.68. The quantitative estimate of drug-likeness (QED) is 0.380. The fourth-order valence-electron chi connectivity index (χ4n) is 0.930. The zero-order chi connectivity index (χ0) is 10.6. The van der Waals surface area contributed by atoms with Crippen molar-refractivity contribution in [2.75, 3.05) is 29.7 Å². The van der Waals surface area contributed by atoms with Gasteiger partial charge >= 0.3 is 0 Å². The standard InChI is InChI=1S/C7H11N5OS/c1-9-6-4(10-3-13)5(8)11-7(12-6)14-2/h3H,1-2H3,(H,10,13)(H3,8,9,11,12). The highest BCUT2D eigenvalue weighted by atomic mass is 32.2. The molecule has 1 heterocycles. The molecular formula is C7H11N5OS. The molecule has 0 unspecified atom stereocenters. The van der Waals surface area contributed by atoms with Gasteiger partial charge in [-0.25, -0.2) is 9.97 Å². The lowest BCUT2D eigenvalue weighted by Crippen LogP contribution is -2.08. The third-order valence-corrected chi connectivity index (χ3v) is 2.09. The third kappa shape index (κ3) is 2.05. The van der Waals surface area contributed by atoms with Crippen LogP contribution in [0.15, 0.2) is 5.16 Å². The first-order valence-electron chi connectivity index (χ1n) is 3.82. The third-order valence-electron chi connectivity index (χ3n) is 1.54. The Morgan fingerprint density at radius 2 is 2.21 bits per heavy atom. The number of amides is 1. The topological polar surface area (TPSA) is 92.9 Å². The van der Waals surface area contributed by atoms with E-state index in [-0.39, 0.29) is 5.82 Å². The summed E-state index contributed by atoms with van der Waals surface area (Å²) < 4.78 is 0. The molecule has 0 aliphatic heterocycles. The van der Waals surface area contributed by atoms with Gasteiger partial charge in [-0.1, -0.05) is 11.8 Å². The Labute approximate surface area is 85.7 Å². The first-order chi connectivity index (χ1) is 6.72. The lowest BCUT2D eigenvalue weighted by atomic mass is 10.4. The first-order valence-corrected chi connectivity index (χ1v) is 5.04. The monoisotopic (exact) mass is 213 g/mol. The predicted octanol–water partition coefficient (Wildman–Crippen LogP) is 0.391. The van der Waals surface area contributed by atoms with Crippen LogP contribution in [0.1, 0.15) is 0 Å². The van der Waals surface area contributed by atoms with Crippen molar-refractivity contribution >= 4 is 35.5 Å². The van der Waals surface area contributed by atoms with Crippen LogP contribution in [0.3, 0.4) is 0 Å². The summed E-state index contributed by atoms with van der Waals surface area (Å²) in [6, 6.07) is 0. The molecule has 0 atom stereocenters. The van der Waals surface area contributed by atoms with Crippen molar-refractivity contribution < 1.29 is 4.79 Å². The molecule has 0 saturated heterocycles. The average molecular weight is 213 g/mol. The van der Waals surface area contributed by atoms with E-state index >= 15 is 0 Å². The Kier molecular flexibility index (Phi) is 3.52. The van der Waals surface area contributed by atoms with Crippen molar-refractivity contribution in [3.8, 4) is 0 Å². The molecule has 0 radical (unpaired) electrons. The molecular weight excluding hydrogens is 202 g/mol. The molecule has 14 heavy (non-hydrogen) atoms. The van der Waals surface area contributed by atoms with Crippen molar-refractivity contribution in [1.82, 2.24) is 9.97 Å². The second-order valence-corrected chi connectivity index (χ2v) is 3.10. The number of nitrogens with zero attached hydrogens (tertiary/aromatic N) is 2. The minimum absolute atomic E-state index is 0.251. The van der Waals surface area contributed by atoms with Crippen molar-refractivity contribution in [3.05, 3.63) is 0 Å². The van der Waals surface area contributed by atoms with Crippen LogP contribution in [0.5, 0.6) is 0 Å². The molecule has 0 aliphatic carbocycles. The highest BCUT2D eigenvalue weighted by Crippen LogP contribution is 2.26. The molecule has 0 fully saturated rings. The SMILES string of the molecule is CNc1nc(SC)nc(N)c1NC=O. The van der Waals surface area contributed by atoms with E-state index in [1.165, 1.54) is 11.8 Å². The number of rotatable bonds is 4. The molecule has 6 nitrogen and oxygen atoms in total. The Morgan fingerprint density at radius 3 is 2.71 bits per heavy atom. The molecule has 0 aliphatic rings. The summed E-state index contributed by atoms with van der Waals surface area (Å²) in [5, 5.41) is 5.83. The van der Waals surface area contributed by atoms with Crippen molar-refractivity contribution in [2.24, 2.45) is 0 Å².